The van der Waals surface area contributed by atoms with E-state index >= 15 is 0 Å². The van der Waals surface area contributed by atoms with Crippen molar-refractivity contribution in [1.29, 1.82) is 0 Å². The van der Waals surface area contributed by atoms with Crippen molar-refractivity contribution < 1.29 is 82.5 Å². The van der Waals surface area contributed by atoms with Gasteiger partial charge in [0.25, 0.3) is 40.5 Å². The van der Waals surface area contributed by atoms with E-state index in [1.54, 1.807) is 0 Å². The number of nitrogens with one attached hydrogen (secondary N) is 5. The van der Waals surface area contributed by atoms with E-state index in [1.807, 2.05) is 0 Å². The molecule has 15 N–H and O–H groups in total. The fourth-order valence-corrected chi connectivity index (χ4v) is 8.19. The molecule has 70 heavy (non-hydrogen) atoms. The molecule has 0 radical (unpaired) electrons. The largest absolute Gasteiger partial charge is 0.394 e. The molecule has 30 nitrogen and oxygen atoms in total. The normalized spacial score (nSPS) is 14.6. The topological polar surface area (TPSA) is 480 Å². The van der Waals surface area contributed by atoms with Crippen LogP contribution >= 0.6 is 0 Å². The van der Waals surface area contributed by atoms with Gasteiger partial charge in [-0.25, -0.2) is 0 Å². The summed E-state index contributed by atoms with van der Waals surface area (Å²) in [6, 6.07) is 6.78. The summed E-state index contributed by atoms with van der Waals surface area (Å²) in [4.78, 5) is 24.5. The van der Waals surface area contributed by atoms with Crippen molar-refractivity contribution >= 4 is 99.7 Å². The average molecular weight is 1070 g/mol. The van der Waals surface area contributed by atoms with Crippen LogP contribution in [-0.4, -0.2) is 194 Å². The molecule has 2 aromatic heterocycles. The Hall–Kier alpha value is -5.60. The first-order valence-electron chi connectivity index (χ1n) is 20.3. The van der Waals surface area contributed by atoms with Crippen LogP contribution in [0.3, 0.4) is 0 Å². The first-order chi connectivity index (χ1) is 32.4. The maximum absolute atomic E-state index is 12.7. The van der Waals surface area contributed by atoms with Crippen LogP contribution in [0.25, 0.3) is 12.2 Å². The van der Waals surface area contributed by atoms with Gasteiger partial charge >= 0.3 is 0 Å². The van der Waals surface area contributed by atoms with E-state index in [9.17, 15) is 73.4 Å². The molecule has 34 heteroatoms. The van der Waals surface area contributed by atoms with Crippen molar-refractivity contribution in [1.82, 2.24) is 29.9 Å². The molecule has 0 spiro atoms. The fourth-order valence-electron chi connectivity index (χ4n) is 6.05. The third-order valence-corrected chi connectivity index (χ3v) is 12.3. The van der Waals surface area contributed by atoms with Crippen molar-refractivity contribution in [2.24, 2.45) is 0 Å². The van der Waals surface area contributed by atoms with Crippen LogP contribution in [0.5, 0.6) is 0 Å². The lowest BCUT2D eigenvalue weighted by molar-refractivity contribution is -0.0366. The summed E-state index contributed by atoms with van der Waals surface area (Å²) in [5.41, 5.74) is -2.47. The lowest BCUT2D eigenvalue weighted by atomic mass is 9.98. The lowest BCUT2D eigenvalue weighted by Crippen LogP contribution is -2.43. The summed E-state index contributed by atoms with van der Waals surface area (Å²) >= 11 is 0. The van der Waals surface area contributed by atoms with Gasteiger partial charge in [0.2, 0.25) is 35.7 Å². The highest BCUT2D eigenvalue weighted by atomic mass is 32.2. The minimum atomic E-state index is -5.07. The maximum Gasteiger partial charge on any atom is 0.295 e. The van der Waals surface area contributed by atoms with Gasteiger partial charge in [-0.05, 0) is 49.2 Å². The van der Waals surface area contributed by atoms with E-state index in [-0.39, 0.29) is 77.7 Å². The van der Waals surface area contributed by atoms with E-state index < -0.39 is 119 Å². The number of benzene rings is 2. The second-order valence-corrected chi connectivity index (χ2v) is 21.4. The van der Waals surface area contributed by atoms with Gasteiger partial charge in [-0.3, -0.25) is 18.2 Å². The quantitative estimate of drug-likeness (QED) is 0.0222. The molecule has 0 bridgehead atoms. The molecule has 0 saturated heterocycles. The summed E-state index contributed by atoms with van der Waals surface area (Å²) in [5, 5.41) is 73.0. The smallest absolute Gasteiger partial charge is 0.295 e. The van der Waals surface area contributed by atoms with Gasteiger partial charge in [0.15, 0.2) is 0 Å². The summed E-state index contributed by atoms with van der Waals surface area (Å²) < 4.78 is 135. The number of hydrogen-bond donors (Lipinski definition) is 15. The molecule has 2 aromatic carbocycles. The van der Waals surface area contributed by atoms with Crippen LogP contribution in [0.4, 0.5) is 47.1 Å². The summed E-state index contributed by atoms with van der Waals surface area (Å²) in [6.45, 7) is -0.417. The number of anilines is 8. The molecule has 388 valence electrons. The highest BCUT2D eigenvalue weighted by Crippen LogP contribution is 2.29. The van der Waals surface area contributed by atoms with Crippen LogP contribution in [0.15, 0.2) is 46.2 Å². The molecule has 4 aromatic rings. The Balaban J connectivity index is 1.70. The molecule has 0 fully saturated rings. The first-order valence-corrected chi connectivity index (χ1v) is 26.4. The lowest BCUT2D eigenvalue weighted by Gasteiger charge is -2.27. The molecule has 4 rings (SSSR count). The fraction of sp³-hybridized carbons (Fsp3) is 0.444. The number of aliphatic hydroxyl groups excluding tert-OH is 5. The highest BCUT2D eigenvalue weighted by molar-refractivity contribution is 7.86. The van der Waals surface area contributed by atoms with Crippen molar-refractivity contribution in [3.63, 3.8) is 0 Å². The van der Waals surface area contributed by atoms with Crippen molar-refractivity contribution in [3.05, 3.63) is 47.5 Å². The number of aliphatic hydroxyl groups is 6. The number of hydrogen-bond acceptors (Lipinski definition) is 26. The predicted molar refractivity (Wildman–Crippen MR) is 251 cm³/mol. The number of rotatable bonds is 28. The molecule has 4 atom stereocenters. The Kier molecular flexibility index (Phi) is 19.5. The SMILES string of the molecule is CC(O)CN(CC(O)CO)c1nc(NCCS(=O)(=O)O)nc(Nc2ccc(C=Cc3ccc(Nc4nc(NCCS(=O)(=O)O)nc(NCC(O)(CO)CC(C)O)n4)cc3S(=O)(=O)O)c(S(=O)(=O)O)c2)n1. The Morgan fingerprint density at radius 2 is 1.04 bits per heavy atom. The average Bonchev–Trinajstić information content (AvgIpc) is 3.23. The standard InChI is InChI=1S/C36H52N12O18S4/c1-21(51)15-36(54,20-50)19-39-32-42-30(37-9-11-67(55,56)57)43-33(45-32)40-25-7-5-23(28(13-25)69(61,62)63)3-4-24-6-8-26(14-29(24)70(64,65)66)41-34-44-31(38-10-12-68(58,59)60)46-35(47-34)48(16-22(2)52)17-27(53)18-49/h3-8,13-14,21-22,27,49-54H,9-12,15-20H2,1-2H3,(H,55,56,57)(H,58,59,60)(H,61,62,63)(H,64,65,66)(H2,38,41,44,46,47)(H3,37,39,40,42,43,45). The number of aromatic nitrogens is 6. The third kappa shape index (κ3) is 19.0. The van der Waals surface area contributed by atoms with Crippen LogP contribution in [-0.2, 0) is 40.5 Å². The Morgan fingerprint density at radius 3 is 1.46 bits per heavy atom. The van der Waals surface area contributed by atoms with Gasteiger partial charge in [0.1, 0.15) is 15.4 Å². The Labute approximate surface area is 401 Å². The molecule has 4 unspecified atom stereocenters. The van der Waals surface area contributed by atoms with Gasteiger partial charge in [-0.1, -0.05) is 24.3 Å². The first kappa shape index (κ1) is 57.0. The van der Waals surface area contributed by atoms with Gasteiger partial charge in [-0.15, -0.1) is 0 Å². The van der Waals surface area contributed by atoms with Crippen LogP contribution in [0.2, 0.25) is 0 Å². The van der Waals surface area contributed by atoms with Crippen molar-refractivity contribution in [2.75, 3.05) is 88.9 Å². The second-order valence-electron chi connectivity index (χ2n) is 15.4. The van der Waals surface area contributed by atoms with E-state index in [0.717, 1.165) is 24.3 Å². The van der Waals surface area contributed by atoms with Gasteiger partial charge in [0, 0.05) is 50.5 Å². The van der Waals surface area contributed by atoms with Crippen LogP contribution in [0.1, 0.15) is 31.4 Å². The van der Waals surface area contributed by atoms with Gasteiger partial charge in [0.05, 0.1) is 43.0 Å². The molecule has 0 aliphatic heterocycles. The van der Waals surface area contributed by atoms with Gasteiger partial charge < -0.3 is 62.1 Å². The minimum absolute atomic E-state index is 0.0855. The second kappa shape index (κ2) is 24.0. The molecular formula is C36H52N12O18S4. The monoisotopic (exact) mass is 1070 g/mol. The summed E-state index contributed by atoms with van der Waals surface area (Å²) in [5.74, 6) is -3.29. The zero-order valence-corrected chi connectivity index (χ0v) is 40.2. The number of nitrogens with zero attached hydrogens (tertiary/aromatic N) is 7. The van der Waals surface area contributed by atoms with Gasteiger partial charge in [-0.2, -0.15) is 63.6 Å². The molecule has 0 amide bonds. The maximum atomic E-state index is 12.7. The third-order valence-electron chi connectivity index (χ3n) is 9.04. The van der Waals surface area contributed by atoms with Crippen molar-refractivity contribution in [3.8, 4) is 0 Å². The summed E-state index contributed by atoms with van der Waals surface area (Å²) in [7, 11) is -19.0. The summed E-state index contributed by atoms with van der Waals surface area (Å²) in [6.07, 6.45) is -1.50. The van der Waals surface area contributed by atoms with Crippen molar-refractivity contribution in [2.45, 2.75) is 54.0 Å². The zero-order valence-electron chi connectivity index (χ0n) is 36.9. The molecular weight excluding hydrogens is 1020 g/mol. The Morgan fingerprint density at radius 1 is 0.614 bits per heavy atom. The van der Waals surface area contributed by atoms with Crippen LogP contribution < -0.4 is 31.5 Å². The Bertz CT molecular complexity index is 2940. The minimum Gasteiger partial charge on any atom is -0.394 e. The molecule has 0 aliphatic carbocycles. The molecule has 0 saturated carbocycles. The molecule has 2 heterocycles. The zero-order chi connectivity index (χ0) is 52.2. The predicted octanol–water partition coefficient (Wildman–Crippen LogP) is -1.75. The van der Waals surface area contributed by atoms with E-state index in [0.29, 0.717) is 0 Å². The van der Waals surface area contributed by atoms with Crippen LogP contribution in [0, 0.1) is 0 Å². The highest BCUT2D eigenvalue weighted by Gasteiger charge is 2.29. The van der Waals surface area contributed by atoms with E-state index in [4.69, 9.17) is 9.11 Å². The van der Waals surface area contributed by atoms with E-state index in [1.165, 1.54) is 43.0 Å². The van der Waals surface area contributed by atoms with E-state index in [2.05, 4.69) is 56.5 Å². The molecule has 0 aliphatic rings.